The largest absolute Gasteiger partial charge is 0.444 e. The molecule has 18 heavy (non-hydrogen) atoms. The number of fused-ring (bicyclic) bond motifs is 1. The highest BCUT2D eigenvalue weighted by atomic mass is 16.6. The van der Waals surface area contributed by atoms with Gasteiger partial charge in [0.25, 0.3) is 0 Å². The summed E-state index contributed by atoms with van der Waals surface area (Å²) in [6, 6.07) is 0. The Bertz CT molecular complexity index is 307. The zero-order valence-corrected chi connectivity index (χ0v) is 11.3. The molecule has 2 aliphatic rings. The van der Waals surface area contributed by atoms with Crippen molar-refractivity contribution in [1.82, 2.24) is 4.90 Å². The molecule has 1 aliphatic heterocycles. The minimum atomic E-state index is -0.648. The molecular weight excluding hydrogens is 234 g/mol. The number of likely N-dealkylation sites (tertiary alicyclic amines) is 1. The molecule has 5 heteroatoms. The molecule has 104 valence electrons. The summed E-state index contributed by atoms with van der Waals surface area (Å²) in [5.74, 6) is 0.576. The van der Waals surface area contributed by atoms with E-state index in [-0.39, 0.29) is 17.9 Å². The predicted molar refractivity (Wildman–Crippen MR) is 66.0 cm³/mol. The van der Waals surface area contributed by atoms with Crippen LogP contribution in [0, 0.1) is 11.8 Å². The number of amides is 1. The van der Waals surface area contributed by atoms with Gasteiger partial charge in [0.15, 0.2) is 0 Å². The molecule has 0 aromatic rings. The van der Waals surface area contributed by atoms with Gasteiger partial charge in [-0.25, -0.2) is 4.79 Å². The number of hydrogen-bond donors (Lipinski definition) is 2. The smallest absolute Gasteiger partial charge is 0.410 e. The molecule has 2 N–H and O–H groups in total. The topological polar surface area (TPSA) is 70.0 Å². The molecule has 4 atom stereocenters. The monoisotopic (exact) mass is 257 g/mol. The van der Waals surface area contributed by atoms with E-state index in [1.807, 2.05) is 20.8 Å². The standard InChI is InChI=1S/C13H23NO4/c1-13(2,3)18-12(17)14-6-8-4-10(15)11(16)5-9(8)7-14/h8-11,15-16H,4-7H2,1-3H3/t8-,9+,10?,11?. The van der Waals surface area contributed by atoms with E-state index in [0.717, 1.165) is 0 Å². The van der Waals surface area contributed by atoms with E-state index in [0.29, 0.717) is 25.9 Å². The number of aliphatic hydroxyl groups excluding tert-OH is 2. The molecule has 1 saturated carbocycles. The fourth-order valence-electron chi connectivity index (χ4n) is 2.88. The first-order valence-electron chi connectivity index (χ1n) is 6.60. The van der Waals surface area contributed by atoms with Crippen molar-refractivity contribution in [3.63, 3.8) is 0 Å². The Morgan fingerprint density at radius 3 is 1.94 bits per heavy atom. The molecule has 0 aromatic carbocycles. The van der Waals surface area contributed by atoms with Crippen LogP contribution in [0.1, 0.15) is 33.6 Å². The fraction of sp³-hybridized carbons (Fsp3) is 0.923. The molecule has 0 spiro atoms. The summed E-state index contributed by atoms with van der Waals surface area (Å²) in [5.41, 5.74) is -0.482. The van der Waals surface area contributed by atoms with Crippen LogP contribution in [0.15, 0.2) is 0 Å². The normalized spacial score (nSPS) is 36.4. The SMILES string of the molecule is CC(C)(C)OC(=O)N1C[C@H]2CC(O)C(O)C[C@H]2C1. The summed E-state index contributed by atoms with van der Waals surface area (Å²) in [7, 11) is 0. The van der Waals surface area contributed by atoms with Crippen molar-refractivity contribution in [3.05, 3.63) is 0 Å². The van der Waals surface area contributed by atoms with Crippen LogP contribution in [0.3, 0.4) is 0 Å². The number of carbonyl (C=O) groups excluding carboxylic acids is 1. The van der Waals surface area contributed by atoms with E-state index in [1.54, 1.807) is 4.90 Å². The van der Waals surface area contributed by atoms with Crippen molar-refractivity contribution in [1.29, 1.82) is 0 Å². The molecule has 2 rings (SSSR count). The summed E-state index contributed by atoms with van der Waals surface area (Å²) >= 11 is 0. The van der Waals surface area contributed by atoms with E-state index in [1.165, 1.54) is 0 Å². The average Bonchev–Trinajstić information content (AvgIpc) is 2.59. The van der Waals surface area contributed by atoms with Gasteiger partial charge in [0.1, 0.15) is 5.60 Å². The van der Waals surface area contributed by atoms with Gasteiger partial charge in [-0.05, 0) is 45.4 Å². The fourth-order valence-corrected chi connectivity index (χ4v) is 2.88. The van der Waals surface area contributed by atoms with Crippen LogP contribution >= 0.6 is 0 Å². The molecular formula is C13H23NO4. The van der Waals surface area contributed by atoms with E-state index in [2.05, 4.69) is 0 Å². The first-order valence-corrected chi connectivity index (χ1v) is 6.60. The Labute approximate surface area is 108 Å². The second-order valence-corrected chi connectivity index (χ2v) is 6.51. The lowest BCUT2D eigenvalue weighted by Gasteiger charge is -2.31. The van der Waals surface area contributed by atoms with Crippen LogP contribution in [0.4, 0.5) is 4.79 Å². The minimum Gasteiger partial charge on any atom is -0.444 e. The van der Waals surface area contributed by atoms with Crippen molar-refractivity contribution in [2.75, 3.05) is 13.1 Å². The van der Waals surface area contributed by atoms with Crippen molar-refractivity contribution in [3.8, 4) is 0 Å². The molecule has 0 bridgehead atoms. The molecule has 1 amide bonds. The predicted octanol–water partition coefficient (Wildman–Crippen LogP) is 0.985. The number of ether oxygens (including phenoxy) is 1. The summed E-state index contributed by atoms with van der Waals surface area (Å²) in [6.45, 7) is 6.80. The molecule has 0 aromatic heterocycles. The second-order valence-electron chi connectivity index (χ2n) is 6.51. The van der Waals surface area contributed by atoms with E-state index in [9.17, 15) is 15.0 Å². The first kappa shape index (κ1) is 13.6. The summed E-state index contributed by atoms with van der Waals surface area (Å²) in [4.78, 5) is 13.6. The maximum atomic E-state index is 11.9. The van der Waals surface area contributed by atoms with E-state index < -0.39 is 17.8 Å². The lowest BCUT2D eigenvalue weighted by atomic mass is 9.79. The Balaban J connectivity index is 1.94. The van der Waals surface area contributed by atoms with Crippen LogP contribution in [-0.4, -0.2) is 52.1 Å². The van der Waals surface area contributed by atoms with Gasteiger partial charge in [0.2, 0.25) is 0 Å². The van der Waals surface area contributed by atoms with Gasteiger partial charge < -0.3 is 19.8 Å². The summed E-state index contributed by atoms with van der Waals surface area (Å²) in [6.07, 6.45) is -0.438. The maximum absolute atomic E-state index is 11.9. The number of rotatable bonds is 0. The van der Waals surface area contributed by atoms with Gasteiger partial charge in [0, 0.05) is 13.1 Å². The molecule has 5 nitrogen and oxygen atoms in total. The third-order valence-corrected chi connectivity index (χ3v) is 3.76. The maximum Gasteiger partial charge on any atom is 0.410 e. The van der Waals surface area contributed by atoms with E-state index >= 15 is 0 Å². The third-order valence-electron chi connectivity index (χ3n) is 3.76. The Hall–Kier alpha value is -0.810. The summed E-state index contributed by atoms with van der Waals surface area (Å²) in [5, 5.41) is 19.3. The molecule has 1 saturated heterocycles. The number of carbonyl (C=O) groups is 1. The van der Waals surface area contributed by atoms with Crippen LogP contribution in [0.2, 0.25) is 0 Å². The minimum absolute atomic E-state index is 0.288. The van der Waals surface area contributed by atoms with Crippen LogP contribution in [0.25, 0.3) is 0 Å². The zero-order valence-electron chi connectivity index (χ0n) is 11.3. The van der Waals surface area contributed by atoms with Crippen LogP contribution in [0.5, 0.6) is 0 Å². The highest BCUT2D eigenvalue weighted by molar-refractivity contribution is 5.68. The van der Waals surface area contributed by atoms with Crippen LogP contribution < -0.4 is 0 Å². The Kier molecular flexibility index (Phi) is 3.56. The third kappa shape index (κ3) is 2.95. The van der Waals surface area contributed by atoms with Crippen molar-refractivity contribution >= 4 is 6.09 Å². The van der Waals surface area contributed by atoms with Crippen molar-refractivity contribution < 1.29 is 19.7 Å². The molecule has 2 unspecified atom stereocenters. The van der Waals surface area contributed by atoms with Crippen molar-refractivity contribution in [2.45, 2.75) is 51.4 Å². The number of nitrogens with zero attached hydrogens (tertiary/aromatic N) is 1. The lowest BCUT2D eigenvalue weighted by molar-refractivity contribution is -0.0372. The average molecular weight is 257 g/mol. The van der Waals surface area contributed by atoms with Gasteiger partial charge in [-0.2, -0.15) is 0 Å². The van der Waals surface area contributed by atoms with Gasteiger partial charge in [-0.15, -0.1) is 0 Å². The Morgan fingerprint density at radius 1 is 1.11 bits per heavy atom. The van der Waals surface area contributed by atoms with Gasteiger partial charge in [0.05, 0.1) is 12.2 Å². The molecule has 1 heterocycles. The quantitative estimate of drug-likeness (QED) is 0.679. The molecule has 1 aliphatic carbocycles. The van der Waals surface area contributed by atoms with Gasteiger partial charge >= 0.3 is 6.09 Å². The second kappa shape index (κ2) is 4.70. The number of aliphatic hydroxyl groups is 2. The first-order chi connectivity index (χ1) is 8.26. The van der Waals surface area contributed by atoms with E-state index in [4.69, 9.17) is 4.74 Å². The lowest BCUT2D eigenvalue weighted by Crippen LogP contribution is -2.38. The molecule has 0 radical (unpaired) electrons. The Morgan fingerprint density at radius 2 is 1.56 bits per heavy atom. The highest BCUT2D eigenvalue weighted by Gasteiger charge is 2.43. The molecule has 2 fully saturated rings. The summed E-state index contributed by atoms with van der Waals surface area (Å²) < 4.78 is 5.34. The zero-order chi connectivity index (χ0) is 13.5. The number of hydrogen-bond acceptors (Lipinski definition) is 4. The van der Waals surface area contributed by atoms with Gasteiger partial charge in [-0.3, -0.25) is 0 Å². The van der Waals surface area contributed by atoms with Crippen molar-refractivity contribution in [2.24, 2.45) is 11.8 Å². The highest BCUT2D eigenvalue weighted by Crippen LogP contribution is 2.36. The van der Waals surface area contributed by atoms with Crippen LogP contribution in [-0.2, 0) is 4.74 Å². The van der Waals surface area contributed by atoms with Gasteiger partial charge in [-0.1, -0.05) is 0 Å².